The summed E-state index contributed by atoms with van der Waals surface area (Å²) < 4.78 is 103. The van der Waals surface area contributed by atoms with E-state index in [1.807, 2.05) is 78.9 Å². The van der Waals surface area contributed by atoms with Crippen molar-refractivity contribution in [3.05, 3.63) is 193 Å². The molecule has 5 heterocycles. The van der Waals surface area contributed by atoms with Crippen LogP contribution in [0.25, 0.3) is 33.5 Å². The monoisotopic (exact) mass is 904 g/mol. The van der Waals surface area contributed by atoms with Crippen molar-refractivity contribution >= 4 is 89.9 Å². The number of aliphatic imine (C=N–C) groups is 2. The Kier molecular flexibility index (Phi) is 6.93. The molecule has 316 valence electrons. The van der Waals surface area contributed by atoms with E-state index in [1.54, 1.807) is 36.4 Å². The number of rotatable bonds is 9. The molecule has 2 unspecified atom stereocenters. The SMILES string of the molecule is [2H]C([2H])([2H])[Si](C)(C1=NCC=N1)C1([Si](c2ncon2)(C([2H])([2H])[2H])C([2H])([2H])[2H])c2ccccc2Oc2c1cccc2[Si](c1ccccc1)(c1ccccc1)c1cccc(-n2c3ccccc3n3c4ccccc4nc23)c1. The van der Waals surface area contributed by atoms with Crippen LogP contribution in [0.4, 0.5) is 0 Å². The van der Waals surface area contributed by atoms with E-state index in [1.165, 1.54) is 12.8 Å². The summed E-state index contributed by atoms with van der Waals surface area (Å²) in [6.45, 7) is -8.45. The highest BCUT2D eigenvalue weighted by molar-refractivity contribution is 7.21. The van der Waals surface area contributed by atoms with E-state index in [0.29, 0.717) is 11.0 Å². The van der Waals surface area contributed by atoms with Gasteiger partial charge in [0.1, 0.15) is 38.6 Å². The molecule has 0 bridgehead atoms. The molecule has 0 radical (unpaired) electrons. The lowest BCUT2D eigenvalue weighted by Gasteiger charge is -2.55. The molecular weight excluding hydrogens is 851 g/mol. The average molecular weight is 905 g/mol. The predicted molar refractivity (Wildman–Crippen MR) is 270 cm³/mol. The molecule has 12 rings (SSSR count). The number of nitrogens with zero attached hydrogens (tertiary/aromatic N) is 7. The Labute approximate surface area is 392 Å². The van der Waals surface area contributed by atoms with E-state index in [-0.39, 0.29) is 34.6 Å². The average Bonchev–Trinajstić information content (AvgIpc) is 4.23. The van der Waals surface area contributed by atoms with Gasteiger partial charge >= 0.3 is 0 Å². The summed E-state index contributed by atoms with van der Waals surface area (Å²) in [7, 11) is -14.8. The summed E-state index contributed by atoms with van der Waals surface area (Å²) in [5.74, 6) is 0.947. The third-order valence-electron chi connectivity index (χ3n) is 13.4. The van der Waals surface area contributed by atoms with Gasteiger partial charge in [0.2, 0.25) is 12.2 Å². The largest absolute Gasteiger partial charge is 0.457 e. The van der Waals surface area contributed by atoms with Crippen LogP contribution in [-0.2, 0) is 4.66 Å². The lowest BCUT2D eigenvalue weighted by Crippen LogP contribution is -2.77. The van der Waals surface area contributed by atoms with Crippen molar-refractivity contribution in [3.8, 4) is 17.2 Å². The Bertz CT molecular complexity index is 3830. The molecule has 7 aromatic carbocycles. The summed E-state index contributed by atoms with van der Waals surface area (Å²) >= 11 is 0. The van der Waals surface area contributed by atoms with Gasteiger partial charge in [-0.05, 0) is 63.2 Å². The Hall–Kier alpha value is -7.26. The van der Waals surface area contributed by atoms with Gasteiger partial charge in [-0.3, -0.25) is 14.0 Å². The zero-order chi connectivity index (χ0) is 51.5. The van der Waals surface area contributed by atoms with Gasteiger partial charge in [-0.1, -0.05) is 165 Å². The van der Waals surface area contributed by atoms with Crippen LogP contribution in [0.2, 0.25) is 26.0 Å². The molecule has 2 aliphatic rings. The fourth-order valence-corrected chi connectivity index (χ4v) is 23.9. The molecular formula is C53H45N7O2Si3. The molecule has 3 aromatic heterocycles. The van der Waals surface area contributed by atoms with Gasteiger partial charge in [0.05, 0.1) is 28.6 Å². The third kappa shape index (κ3) is 5.38. The summed E-state index contributed by atoms with van der Waals surface area (Å²) in [6, 6.07) is 56.6. The number of imidazole rings is 2. The zero-order valence-corrected chi connectivity index (χ0v) is 38.1. The standard InChI is InChI=1S/C53H45N7O2Si3/c1-63(2,50-54-33-34-55-50)53(64(3,4)51-56-36-61-58-51)41-25-11-16-31-47(41)62-49-42(53)26-18-32-48(49)65(38-20-7-5-8-21-38,39-22-9-6-10-23-39)40-24-17-19-37(35-40)59-45-29-14-15-30-46(45)60-44-28-13-12-27-43(44)57-52(59)60/h5-33,35-36H,34H2,1-4H3/i1D3,3D3,4D3. The third-order valence-corrected chi connectivity index (χ3v) is 26.6. The topological polar surface area (TPSA) is 95.1 Å². The van der Waals surface area contributed by atoms with Crippen molar-refractivity contribution in [1.29, 1.82) is 0 Å². The van der Waals surface area contributed by atoms with E-state index in [4.69, 9.17) is 19.2 Å². The number of ether oxygens (including phenoxy) is 1. The minimum atomic E-state index is -5.87. The molecule has 12 heteroatoms. The maximum Gasteiger partial charge on any atom is 0.220 e. The minimum Gasteiger partial charge on any atom is -0.457 e. The van der Waals surface area contributed by atoms with Crippen LogP contribution in [0.1, 0.15) is 23.5 Å². The lowest BCUT2D eigenvalue weighted by molar-refractivity contribution is 0.420. The Morgan fingerprint density at radius 2 is 1.31 bits per heavy atom. The summed E-state index contributed by atoms with van der Waals surface area (Å²) in [5, 5.41) is 7.51. The fourth-order valence-electron chi connectivity index (χ4n) is 10.8. The Morgan fingerprint density at radius 1 is 0.646 bits per heavy atom. The molecule has 0 spiro atoms. The quantitative estimate of drug-likeness (QED) is 0.108. The van der Waals surface area contributed by atoms with E-state index >= 15 is 0 Å². The van der Waals surface area contributed by atoms with Gasteiger partial charge < -0.3 is 9.26 Å². The van der Waals surface area contributed by atoms with Crippen LogP contribution in [0, 0.1) is 0 Å². The molecule has 2 atom stereocenters. The molecule has 0 N–H and O–H groups in total. The Balaban J connectivity index is 1.28. The maximum atomic E-state index is 9.82. The molecule has 0 saturated carbocycles. The van der Waals surface area contributed by atoms with E-state index in [9.17, 15) is 12.3 Å². The van der Waals surface area contributed by atoms with Crippen LogP contribution in [0.3, 0.4) is 0 Å². The number of benzene rings is 7. The van der Waals surface area contributed by atoms with Crippen LogP contribution in [0.5, 0.6) is 11.5 Å². The van der Waals surface area contributed by atoms with Gasteiger partial charge in [-0.15, -0.1) is 0 Å². The van der Waals surface area contributed by atoms with Crippen molar-refractivity contribution in [1.82, 2.24) is 24.1 Å². The molecule has 0 fully saturated rings. The molecule has 65 heavy (non-hydrogen) atoms. The van der Waals surface area contributed by atoms with Gasteiger partial charge in [0.15, 0.2) is 8.07 Å². The minimum absolute atomic E-state index is 0.0135. The summed E-state index contributed by atoms with van der Waals surface area (Å²) in [4.78, 5) is 19.0. The fraction of sp³-hybridized carbons (Fsp3) is 0.113. The second kappa shape index (κ2) is 14.6. The number of hydrogen-bond donors (Lipinski definition) is 0. The molecule has 9 nitrogen and oxygen atoms in total. The summed E-state index contributed by atoms with van der Waals surface area (Å²) in [6.07, 6.45) is 2.39. The normalized spacial score (nSPS) is 19.5. The van der Waals surface area contributed by atoms with E-state index < -0.39 is 53.8 Å². The number of para-hydroxylation sites is 6. The van der Waals surface area contributed by atoms with Crippen LogP contribution < -0.4 is 30.9 Å². The molecule has 10 aromatic rings. The van der Waals surface area contributed by atoms with Gasteiger partial charge in [0.25, 0.3) is 0 Å². The molecule has 2 aliphatic heterocycles. The first-order chi connectivity index (χ1) is 35.5. The van der Waals surface area contributed by atoms with Crippen LogP contribution in [0.15, 0.2) is 197 Å². The second-order valence-electron chi connectivity index (χ2n) is 16.7. The smallest absolute Gasteiger partial charge is 0.220 e. The zero-order valence-electron chi connectivity index (χ0n) is 44.1. The first kappa shape index (κ1) is 30.8. The van der Waals surface area contributed by atoms with E-state index in [2.05, 4.69) is 84.8 Å². The van der Waals surface area contributed by atoms with E-state index in [0.717, 1.165) is 49.7 Å². The van der Waals surface area contributed by atoms with Crippen molar-refractivity contribution in [3.63, 3.8) is 0 Å². The number of amidine groups is 1. The molecule has 0 aliphatic carbocycles. The van der Waals surface area contributed by atoms with Crippen molar-refractivity contribution in [2.75, 3.05) is 6.54 Å². The predicted octanol–water partition coefficient (Wildman–Crippen LogP) is 8.01. The van der Waals surface area contributed by atoms with Crippen LogP contribution in [-0.4, -0.2) is 66.5 Å². The number of fused-ring (bicyclic) bond motifs is 7. The van der Waals surface area contributed by atoms with Gasteiger partial charge in [0, 0.05) is 40.0 Å². The highest BCUT2D eigenvalue weighted by Gasteiger charge is 2.67. The number of aromatic nitrogens is 5. The Morgan fingerprint density at radius 3 is 2.03 bits per heavy atom. The van der Waals surface area contributed by atoms with Crippen molar-refractivity contribution in [2.24, 2.45) is 9.98 Å². The maximum absolute atomic E-state index is 9.82. The first-order valence-corrected chi connectivity index (χ1v) is 27.9. The molecule has 0 saturated heterocycles. The lowest BCUT2D eigenvalue weighted by atomic mass is 9.98. The second-order valence-corrected chi connectivity index (χ2v) is 27.1. The van der Waals surface area contributed by atoms with Gasteiger partial charge in [-0.2, -0.15) is 0 Å². The van der Waals surface area contributed by atoms with Crippen molar-refractivity contribution < 1.29 is 21.6 Å². The first-order valence-electron chi connectivity index (χ1n) is 25.9. The highest BCUT2D eigenvalue weighted by atomic mass is 28.4. The van der Waals surface area contributed by atoms with Crippen molar-refractivity contribution in [2.45, 2.75) is 30.6 Å². The molecule has 0 amide bonds. The summed E-state index contributed by atoms with van der Waals surface area (Å²) in [5.41, 5.74) is 3.98. The van der Waals surface area contributed by atoms with Gasteiger partial charge in [-0.25, -0.2) is 15.0 Å². The van der Waals surface area contributed by atoms with Crippen LogP contribution >= 0.6 is 0 Å². The number of hydrogen-bond acceptors (Lipinski definition) is 7. The highest BCUT2D eigenvalue weighted by Crippen LogP contribution is 2.57.